The first-order valence-electron chi connectivity index (χ1n) is 7.54. The minimum Gasteiger partial charge on any atom is -0.340 e. The van der Waals surface area contributed by atoms with Crippen molar-refractivity contribution >= 4 is 5.91 Å². The summed E-state index contributed by atoms with van der Waals surface area (Å²) in [5.74, 6) is -0.211. The van der Waals surface area contributed by atoms with Crippen LogP contribution >= 0.6 is 0 Å². The molecular weight excluding hydrogens is 281 g/mol. The molecule has 118 valence electrons. The first-order valence-corrected chi connectivity index (χ1v) is 7.54. The number of carbonyl (C=O) groups is 1. The highest BCUT2D eigenvalue weighted by Gasteiger charge is 2.33. The Hall–Kier alpha value is -1.93. The van der Waals surface area contributed by atoms with E-state index in [0.717, 1.165) is 24.9 Å². The highest BCUT2D eigenvalue weighted by atomic mass is 19.1. The molecule has 0 N–H and O–H groups in total. The van der Waals surface area contributed by atoms with E-state index >= 15 is 0 Å². The zero-order valence-corrected chi connectivity index (χ0v) is 13.2. The second-order valence-electron chi connectivity index (χ2n) is 6.39. The van der Waals surface area contributed by atoms with Crippen LogP contribution in [0, 0.1) is 22.6 Å². The van der Waals surface area contributed by atoms with Crippen molar-refractivity contribution in [2.75, 3.05) is 26.7 Å². The van der Waals surface area contributed by atoms with Gasteiger partial charge in [-0.15, -0.1) is 0 Å². The van der Waals surface area contributed by atoms with E-state index in [2.05, 4.69) is 6.07 Å². The van der Waals surface area contributed by atoms with Gasteiger partial charge in [-0.2, -0.15) is 5.26 Å². The average Bonchev–Trinajstić information content (AvgIpc) is 2.49. The maximum atomic E-state index is 12.9. The molecule has 1 aromatic carbocycles. The molecule has 0 saturated carbocycles. The Labute approximate surface area is 131 Å². The van der Waals surface area contributed by atoms with Gasteiger partial charge in [0.25, 0.3) is 0 Å². The largest absolute Gasteiger partial charge is 0.340 e. The Morgan fingerprint density at radius 1 is 1.45 bits per heavy atom. The summed E-state index contributed by atoms with van der Waals surface area (Å²) in [5.41, 5.74) is 0.542. The van der Waals surface area contributed by atoms with Crippen LogP contribution in [-0.4, -0.2) is 42.4 Å². The third-order valence-corrected chi connectivity index (χ3v) is 4.09. The number of likely N-dealkylation sites (tertiary alicyclic amines) is 1. The zero-order chi connectivity index (χ0) is 16.2. The van der Waals surface area contributed by atoms with Crippen LogP contribution in [0.1, 0.15) is 25.3 Å². The predicted octanol–water partition coefficient (Wildman–Crippen LogP) is 2.41. The molecule has 0 aliphatic carbocycles. The molecule has 0 radical (unpaired) electrons. The Balaban J connectivity index is 1.88. The summed E-state index contributed by atoms with van der Waals surface area (Å²) in [6.45, 7) is 4.04. The van der Waals surface area contributed by atoms with Gasteiger partial charge in [-0.3, -0.25) is 9.69 Å². The third kappa shape index (κ3) is 4.28. The summed E-state index contributed by atoms with van der Waals surface area (Å²) in [6.07, 6.45) is 1.72. The molecule has 0 spiro atoms. The van der Waals surface area contributed by atoms with Crippen LogP contribution in [0.3, 0.4) is 0 Å². The standard InChI is InChI=1S/C17H22FN3O/c1-17(12-19)8-3-9-21(13-17)16(22)11-20(2)10-14-4-6-15(18)7-5-14/h4-7H,3,8-11,13H2,1-2H3/t17-/m0/s1. The maximum absolute atomic E-state index is 12.9. The number of likely N-dealkylation sites (N-methyl/N-ethyl adjacent to an activating group) is 1. The van der Waals surface area contributed by atoms with E-state index in [-0.39, 0.29) is 11.7 Å². The number of carbonyl (C=O) groups excluding carboxylic acids is 1. The number of amides is 1. The lowest BCUT2D eigenvalue weighted by Gasteiger charge is -2.36. The molecule has 1 fully saturated rings. The van der Waals surface area contributed by atoms with Crippen molar-refractivity contribution in [2.45, 2.75) is 26.3 Å². The first kappa shape index (κ1) is 16.4. The van der Waals surface area contributed by atoms with Crippen LogP contribution in [0.25, 0.3) is 0 Å². The lowest BCUT2D eigenvalue weighted by molar-refractivity contribution is -0.134. The number of piperidine rings is 1. The van der Waals surface area contributed by atoms with Crippen molar-refractivity contribution in [1.82, 2.24) is 9.80 Å². The molecule has 0 aromatic heterocycles. The molecule has 0 bridgehead atoms. The van der Waals surface area contributed by atoms with Gasteiger partial charge in [0.05, 0.1) is 18.0 Å². The number of nitrogens with zero attached hydrogens (tertiary/aromatic N) is 3. The van der Waals surface area contributed by atoms with Gasteiger partial charge in [0.15, 0.2) is 0 Å². The molecule has 1 heterocycles. The molecular formula is C17H22FN3O. The molecule has 1 aliphatic rings. The van der Waals surface area contributed by atoms with E-state index in [1.54, 1.807) is 17.0 Å². The van der Waals surface area contributed by atoms with Gasteiger partial charge in [0.2, 0.25) is 5.91 Å². The molecule has 5 heteroatoms. The number of benzene rings is 1. The topological polar surface area (TPSA) is 47.3 Å². The summed E-state index contributed by atoms with van der Waals surface area (Å²) in [7, 11) is 1.87. The van der Waals surface area contributed by atoms with Crippen molar-refractivity contribution in [2.24, 2.45) is 5.41 Å². The highest BCUT2D eigenvalue weighted by molar-refractivity contribution is 5.78. The number of hydrogen-bond donors (Lipinski definition) is 0. The quantitative estimate of drug-likeness (QED) is 0.858. The van der Waals surface area contributed by atoms with Crippen LogP contribution < -0.4 is 0 Å². The van der Waals surface area contributed by atoms with Gasteiger partial charge in [0.1, 0.15) is 5.82 Å². The van der Waals surface area contributed by atoms with E-state index in [1.165, 1.54) is 12.1 Å². The van der Waals surface area contributed by atoms with Crippen LogP contribution in [0.4, 0.5) is 4.39 Å². The Morgan fingerprint density at radius 2 is 2.14 bits per heavy atom. The summed E-state index contributed by atoms with van der Waals surface area (Å²) >= 11 is 0. The van der Waals surface area contributed by atoms with E-state index in [1.807, 2.05) is 18.9 Å². The SMILES string of the molecule is CN(CC(=O)N1CCC[C@@](C)(C#N)C1)Cc1ccc(F)cc1. The fraction of sp³-hybridized carbons (Fsp3) is 0.529. The van der Waals surface area contributed by atoms with Gasteiger partial charge in [-0.25, -0.2) is 4.39 Å². The van der Waals surface area contributed by atoms with E-state index < -0.39 is 5.41 Å². The molecule has 1 saturated heterocycles. The molecule has 22 heavy (non-hydrogen) atoms. The van der Waals surface area contributed by atoms with Crippen LogP contribution in [0.15, 0.2) is 24.3 Å². The smallest absolute Gasteiger partial charge is 0.236 e. The summed E-state index contributed by atoms with van der Waals surface area (Å²) in [6, 6.07) is 8.62. The van der Waals surface area contributed by atoms with Gasteiger partial charge >= 0.3 is 0 Å². The third-order valence-electron chi connectivity index (χ3n) is 4.09. The summed E-state index contributed by atoms with van der Waals surface area (Å²) in [5, 5.41) is 9.22. The summed E-state index contributed by atoms with van der Waals surface area (Å²) < 4.78 is 12.9. The van der Waals surface area contributed by atoms with Gasteiger partial charge in [-0.1, -0.05) is 12.1 Å². The van der Waals surface area contributed by atoms with Crippen molar-refractivity contribution in [3.63, 3.8) is 0 Å². The molecule has 1 atom stereocenters. The molecule has 0 unspecified atom stereocenters. The molecule has 1 aromatic rings. The number of hydrogen-bond acceptors (Lipinski definition) is 3. The van der Waals surface area contributed by atoms with Crippen molar-refractivity contribution < 1.29 is 9.18 Å². The van der Waals surface area contributed by atoms with Gasteiger partial charge in [0, 0.05) is 19.6 Å². The van der Waals surface area contributed by atoms with Crippen molar-refractivity contribution in [3.8, 4) is 6.07 Å². The fourth-order valence-electron chi connectivity index (χ4n) is 2.83. The van der Waals surface area contributed by atoms with Crippen LogP contribution in [-0.2, 0) is 11.3 Å². The fourth-order valence-corrected chi connectivity index (χ4v) is 2.83. The van der Waals surface area contributed by atoms with Crippen molar-refractivity contribution in [1.29, 1.82) is 5.26 Å². The number of halogens is 1. The molecule has 2 rings (SSSR count). The lowest BCUT2D eigenvalue weighted by Crippen LogP contribution is -2.47. The predicted molar refractivity (Wildman–Crippen MR) is 82.3 cm³/mol. The zero-order valence-electron chi connectivity index (χ0n) is 13.2. The second-order valence-corrected chi connectivity index (χ2v) is 6.39. The molecule has 4 nitrogen and oxygen atoms in total. The van der Waals surface area contributed by atoms with E-state index in [0.29, 0.717) is 19.6 Å². The van der Waals surface area contributed by atoms with Gasteiger partial charge < -0.3 is 4.90 Å². The maximum Gasteiger partial charge on any atom is 0.236 e. The van der Waals surface area contributed by atoms with Crippen LogP contribution in [0.2, 0.25) is 0 Å². The van der Waals surface area contributed by atoms with E-state index in [4.69, 9.17) is 0 Å². The Kier molecular flexibility index (Phi) is 5.15. The minimum absolute atomic E-state index is 0.0470. The van der Waals surface area contributed by atoms with Crippen molar-refractivity contribution in [3.05, 3.63) is 35.6 Å². The summed E-state index contributed by atoms with van der Waals surface area (Å²) in [4.78, 5) is 16.1. The monoisotopic (exact) mass is 303 g/mol. The van der Waals surface area contributed by atoms with E-state index in [9.17, 15) is 14.4 Å². The van der Waals surface area contributed by atoms with Crippen LogP contribution in [0.5, 0.6) is 0 Å². The molecule has 1 amide bonds. The minimum atomic E-state index is -0.427. The average molecular weight is 303 g/mol. The lowest BCUT2D eigenvalue weighted by atomic mass is 9.83. The second kappa shape index (κ2) is 6.89. The Bertz CT molecular complexity index is 566. The number of nitriles is 1. The normalized spacial score (nSPS) is 21.7. The molecule has 1 aliphatic heterocycles. The number of rotatable bonds is 4. The highest BCUT2D eigenvalue weighted by Crippen LogP contribution is 2.28. The first-order chi connectivity index (χ1) is 10.4. The Morgan fingerprint density at radius 3 is 2.77 bits per heavy atom. The van der Waals surface area contributed by atoms with Gasteiger partial charge in [-0.05, 0) is 44.5 Å².